The molecule has 1 heterocycles. The largest absolute Gasteiger partial charge is 0.338 e. The predicted molar refractivity (Wildman–Crippen MR) is 180 cm³/mol. The Morgan fingerprint density at radius 2 is 1.40 bits per heavy atom. The molecule has 1 aliphatic carbocycles. The van der Waals surface area contributed by atoms with Gasteiger partial charge in [-0.2, -0.15) is 0 Å². The number of allylic oxidation sites excluding steroid dienone is 5. The van der Waals surface area contributed by atoms with Gasteiger partial charge in [0.25, 0.3) is 0 Å². The smallest absolute Gasteiger partial charge is 0.0711 e. The third-order valence-corrected chi connectivity index (χ3v) is 8.66. The monoisotopic (exact) mass is 546 g/mol. The van der Waals surface area contributed by atoms with Gasteiger partial charge in [-0.3, -0.25) is 4.99 Å². The third-order valence-electron chi connectivity index (χ3n) is 8.66. The van der Waals surface area contributed by atoms with E-state index >= 15 is 0 Å². The number of benzene rings is 4. The molecule has 0 bridgehead atoms. The van der Waals surface area contributed by atoms with Crippen molar-refractivity contribution in [2.75, 3.05) is 4.90 Å². The molecule has 2 nitrogen and oxygen atoms in total. The summed E-state index contributed by atoms with van der Waals surface area (Å²) in [6.07, 6.45) is 8.07. The molecule has 4 aromatic carbocycles. The van der Waals surface area contributed by atoms with Crippen LogP contribution in [0.15, 0.2) is 156 Å². The number of hydrogen-bond acceptors (Lipinski definition) is 2. The Kier molecular flexibility index (Phi) is 7.88. The second-order valence-corrected chi connectivity index (χ2v) is 11.3. The molecular weight excluding hydrogens is 508 g/mol. The standard InChI is InChI=1S/C40H38N2/c1-5-31-26-34(28(2)25-38(33-19-11-7-12-20-33)41-29(3)32-17-9-6-10-18-32)27-37-36-23-15-16-24-39(36)42(30(4)40(31)37)35-21-13-8-14-22-35/h6-27,30-31,40H,2,5H2,1,3-4H3/b38-25-,41-29?. The van der Waals surface area contributed by atoms with Crippen molar-refractivity contribution in [1.29, 1.82) is 0 Å². The number of rotatable bonds is 7. The summed E-state index contributed by atoms with van der Waals surface area (Å²) in [4.78, 5) is 7.66. The first-order valence-corrected chi connectivity index (χ1v) is 15.0. The first kappa shape index (κ1) is 27.5. The fourth-order valence-electron chi connectivity index (χ4n) is 6.56. The summed E-state index contributed by atoms with van der Waals surface area (Å²) in [5.41, 5.74) is 11.5. The molecule has 0 radical (unpaired) electrons. The van der Waals surface area contributed by atoms with Crippen molar-refractivity contribution in [2.24, 2.45) is 16.8 Å². The zero-order valence-corrected chi connectivity index (χ0v) is 24.7. The fourth-order valence-corrected chi connectivity index (χ4v) is 6.56. The summed E-state index contributed by atoms with van der Waals surface area (Å²) in [5.74, 6) is 0.784. The lowest BCUT2D eigenvalue weighted by Crippen LogP contribution is -2.43. The zero-order valence-electron chi connectivity index (χ0n) is 24.7. The molecule has 0 N–H and O–H groups in total. The number of aliphatic imine (C=N–C) groups is 1. The van der Waals surface area contributed by atoms with Crippen molar-refractivity contribution in [3.63, 3.8) is 0 Å². The van der Waals surface area contributed by atoms with E-state index in [9.17, 15) is 0 Å². The third kappa shape index (κ3) is 5.33. The SMILES string of the molecule is C=C(/C=C(\N=C(C)c1ccccc1)c1ccccc1)C1=CC(CC)C2C(=C1)c1ccccc1N(c1ccccc1)C2C. The average molecular weight is 547 g/mol. The number of fused-ring (bicyclic) bond motifs is 3. The van der Waals surface area contributed by atoms with Crippen LogP contribution in [0.2, 0.25) is 0 Å². The molecule has 2 heteroatoms. The van der Waals surface area contributed by atoms with Gasteiger partial charge in [0, 0.05) is 40.2 Å². The van der Waals surface area contributed by atoms with Crippen LogP contribution in [0.4, 0.5) is 11.4 Å². The van der Waals surface area contributed by atoms with Crippen LogP contribution in [-0.4, -0.2) is 11.8 Å². The maximum absolute atomic E-state index is 5.13. The van der Waals surface area contributed by atoms with Gasteiger partial charge in [0.15, 0.2) is 0 Å². The number of nitrogens with zero attached hydrogens (tertiary/aromatic N) is 2. The van der Waals surface area contributed by atoms with E-state index in [0.717, 1.165) is 34.5 Å². The second kappa shape index (κ2) is 12.0. The van der Waals surface area contributed by atoms with Crippen molar-refractivity contribution < 1.29 is 0 Å². The van der Waals surface area contributed by atoms with Crippen LogP contribution in [-0.2, 0) is 0 Å². The molecule has 208 valence electrons. The lowest BCUT2D eigenvalue weighted by Gasteiger charge is -2.47. The molecule has 0 saturated heterocycles. The Hall–Kier alpha value is -4.69. The van der Waals surface area contributed by atoms with Crippen LogP contribution < -0.4 is 4.90 Å². The van der Waals surface area contributed by atoms with Crippen molar-refractivity contribution >= 4 is 28.4 Å². The molecule has 2 aliphatic rings. The zero-order chi connectivity index (χ0) is 29.1. The summed E-state index contributed by atoms with van der Waals surface area (Å²) < 4.78 is 0. The van der Waals surface area contributed by atoms with Gasteiger partial charge < -0.3 is 4.90 Å². The second-order valence-electron chi connectivity index (χ2n) is 11.3. The molecule has 3 atom stereocenters. The molecule has 0 aromatic heterocycles. The predicted octanol–water partition coefficient (Wildman–Crippen LogP) is 10.3. The maximum Gasteiger partial charge on any atom is 0.0711 e. The van der Waals surface area contributed by atoms with E-state index in [0.29, 0.717) is 17.9 Å². The van der Waals surface area contributed by atoms with Gasteiger partial charge in [-0.15, -0.1) is 0 Å². The van der Waals surface area contributed by atoms with Gasteiger partial charge in [0.2, 0.25) is 0 Å². The minimum atomic E-state index is 0.318. The van der Waals surface area contributed by atoms with Gasteiger partial charge in [-0.1, -0.05) is 123 Å². The topological polar surface area (TPSA) is 15.6 Å². The van der Waals surface area contributed by atoms with Crippen molar-refractivity contribution in [3.05, 3.63) is 168 Å². The van der Waals surface area contributed by atoms with Crippen molar-refractivity contribution in [3.8, 4) is 0 Å². The first-order valence-electron chi connectivity index (χ1n) is 15.0. The van der Waals surface area contributed by atoms with E-state index in [2.05, 4.69) is 154 Å². The Morgan fingerprint density at radius 3 is 2.07 bits per heavy atom. The van der Waals surface area contributed by atoms with E-state index in [-0.39, 0.29) is 0 Å². The minimum absolute atomic E-state index is 0.318. The lowest BCUT2D eigenvalue weighted by molar-refractivity contribution is 0.400. The highest BCUT2D eigenvalue weighted by Crippen LogP contribution is 2.51. The Bertz CT molecular complexity index is 1690. The highest BCUT2D eigenvalue weighted by molar-refractivity contribution is 6.02. The van der Waals surface area contributed by atoms with Crippen molar-refractivity contribution in [2.45, 2.75) is 33.2 Å². The van der Waals surface area contributed by atoms with E-state index in [1.165, 1.54) is 28.1 Å². The van der Waals surface area contributed by atoms with Crippen LogP contribution in [0.3, 0.4) is 0 Å². The minimum Gasteiger partial charge on any atom is -0.338 e. The number of hydrogen-bond donors (Lipinski definition) is 0. The van der Waals surface area contributed by atoms with Gasteiger partial charge in [0.05, 0.1) is 5.70 Å². The molecule has 0 saturated carbocycles. The first-order chi connectivity index (χ1) is 20.5. The normalized spacial score (nSPS) is 20.3. The summed E-state index contributed by atoms with van der Waals surface area (Å²) in [7, 11) is 0. The summed E-state index contributed by atoms with van der Waals surface area (Å²) in [6, 6.07) is 40.8. The molecule has 1 aliphatic heterocycles. The average Bonchev–Trinajstić information content (AvgIpc) is 3.05. The van der Waals surface area contributed by atoms with E-state index in [4.69, 9.17) is 4.99 Å². The van der Waals surface area contributed by atoms with Crippen LogP contribution in [0.1, 0.15) is 43.9 Å². The van der Waals surface area contributed by atoms with E-state index in [1.807, 2.05) is 12.1 Å². The summed E-state index contributed by atoms with van der Waals surface area (Å²) >= 11 is 0. The van der Waals surface area contributed by atoms with Gasteiger partial charge in [0.1, 0.15) is 0 Å². The quantitative estimate of drug-likeness (QED) is 0.166. The summed E-state index contributed by atoms with van der Waals surface area (Å²) in [5, 5.41) is 0. The molecule has 6 rings (SSSR count). The highest BCUT2D eigenvalue weighted by Gasteiger charge is 2.40. The van der Waals surface area contributed by atoms with E-state index in [1.54, 1.807) is 0 Å². The molecule has 0 amide bonds. The Morgan fingerprint density at radius 1 is 0.810 bits per heavy atom. The molecule has 42 heavy (non-hydrogen) atoms. The fraction of sp³-hybridized carbons (Fsp3) is 0.175. The molecule has 3 unspecified atom stereocenters. The Balaban J connectivity index is 1.43. The maximum atomic E-state index is 5.13. The Labute approximate surface area is 250 Å². The number of para-hydroxylation sites is 2. The van der Waals surface area contributed by atoms with Crippen LogP contribution in [0.5, 0.6) is 0 Å². The molecule has 4 aromatic rings. The molecular formula is C40H38N2. The highest BCUT2D eigenvalue weighted by atomic mass is 15.2. The van der Waals surface area contributed by atoms with Crippen LogP contribution >= 0.6 is 0 Å². The molecule has 0 fully saturated rings. The van der Waals surface area contributed by atoms with Gasteiger partial charge >= 0.3 is 0 Å². The van der Waals surface area contributed by atoms with Crippen molar-refractivity contribution in [1.82, 2.24) is 0 Å². The van der Waals surface area contributed by atoms with E-state index < -0.39 is 0 Å². The van der Waals surface area contributed by atoms with Crippen LogP contribution in [0, 0.1) is 11.8 Å². The van der Waals surface area contributed by atoms with Crippen LogP contribution in [0.25, 0.3) is 11.3 Å². The van der Waals surface area contributed by atoms with Gasteiger partial charge in [-0.25, -0.2) is 0 Å². The molecule has 0 spiro atoms. The van der Waals surface area contributed by atoms with Gasteiger partial charge in [-0.05, 0) is 72.7 Å². The number of anilines is 2. The summed E-state index contributed by atoms with van der Waals surface area (Å²) in [6.45, 7) is 11.4. The lowest BCUT2D eigenvalue weighted by atomic mass is 9.69.